The fourth-order valence-corrected chi connectivity index (χ4v) is 1.13. The Labute approximate surface area is 86.4 Å². The predicted molar refractivity (Wildman–Crippen MR) is 54.5 cm³/mol. The van der Waals surface area contributed by atoms with Crippen LogP contribution in [0.4, 0.5) is 8.78 Å². The third kappa shape index (κ3) is 2.95. The molecule has 0 aliphatic carbocycles. The van der Waals surface area contributed by atoms with Gasteiger partial charge >= 0.3 is 0 Å². The molecule has 80 valence electrons. The highest BCUT2D eigenvalue weighted by Crippen LogP contribution is 2.14. The summed E-state index contributed by atoms with van der Waals surface area (Å²) in [7, 11) is 0. The van der Waals surface area contributed by atoms with Gasteiger partial charge in [0.15, 0.2) is 6.29 Å². The molecule has 2 N–H and O–H groups in total. The molecule has 0 atom stereocenters. The Hall–Kier alpha value is -1.55. The molecule has 0 fully saturated rings. The second kappa shape index (κ2) is 5.36. The zero-order chi connectivity index (χ0) is 11.3. The molecule has 0 aliphatic heterocycles. The quantitative estimate of drug-likeness (QED) is 0.775. The SMILES string of the molecule is NCCC=Cc1cc(F)c(C=O)c(F)c1. The first-order chi connectivity index (χ1) is 7.19. The van der Waals surface area contributed by atoms with Crippen molar-refractivity contribution in [3.63, 3.8) is 0 Å². The standard InChI is InChI=1S/C11H11F2NO/c12-10-5-8(3-1-2-4-14)6-11(13)9(10)7-15/h1,3,5-7H,2,4,14H2. The molecular formula is C11H11F2NO. The molecule has 1 rings (SSSR count). The molecule has 0 unspecified atom stereocenters. The van der Waals surface area contributed by atoms with Gasteiger partial charge < -0.3 is 5.73 Å². The Morgan fingerprint density at radius 3 is 2.33 bits per heavy atom. The summed E-state index contributed by atoms with van der Waals surface area (Å²) in [5.74, 6) is -1.70. The summed E-state index contributed by atoms with van der Waals surface area (Å²) in [5, 5.41) is 0. The molecule has 0 aromatic heterocycles. The highest BCUT2D eigenvalue weighted by atomic mass is 19.1. The number of hydrogen-bond acceptors (Lipinski definition) is 2. The highest BCUT2D eigenvalue weighted by Gasteiger charge is 2.08. The van der Waals surface area contributed by atoms with Crippen LogP contribution in [0.3, 0.4) is 0 Å². The number of benzene rings is 1. The van der Waals surface area contributed by atoms with Gasteiger partial charge in [-0.1, -0.05) is 12.2 Å². The Kier molecular flexibility index (Phi) is 4.12. The van der Waals surface area contributed by atoms with Crippen molar-refractivity contribution in [1.29, 1.82) is 0 Å². The third-order valence-electron chi connectivity index (χ3n) is 1.86. The smallest absolute Gasteiger partial charge is 0.155 e. The molecule has 1 aromatic rings. The Morgan fingerprint density at radius 2 is 1.87 bits per heavy atom. The zero-order valence-electron chi connectivity index (χ0n) is 8.04. The van der Waals surface area contributed by atoms with Crippen molar-refractivity contribution in [2.24, 2.45) is 5.73 Å². The van der Waals surface area contributed by atoms with E-state index in [0.717, 1.165) is 12.1 Å². The monoisotopic (exact) mass is 211 g/mol. The first-order valence-corrected chi connectivity index (χ1v) is 4.50. The van der Waals surface area contributed by atoms with E-state index in [-0.39, 0.29) is 6.29 Å². The molecule has 0 spiro atoms. The lowest BCUT2D eigenvalue weighted by Crippen LogP contribution is -1.96. The maximum Gasteiger partial charge on any atom is 0.155 e. The van der Waals surface area contributed by atoms with Gasteiger partial charge in [0.05, 0.1) is 5.56 Å². The summed E-state index contributed by atoms with van der Waals surface area (Å²) in [4.78, 5) is 10.3. The lowest BCUT2D eigenvalue weighted by molar-refractivity contribution is 0.111. The third-order valence-corrected chi connectivity index (χ3v) is 1.86. The average Bonchev–Trinajstić information content (AvgIpc) is 2.18. The van der Waals surface area contributed by atoms with E-state index < -0.39 is 17.2 Å². The van der Waals surface area contributed by atoms with Gasteiger partial charge in [0.1, 0.15) is 11.6 Å². The van der Waals surface area contributed by atoms with Crippen LogP contribution in [0.2, 0.25) is 0 Å². The van der Waals surface area contributed by atoms with Crippen molar-refractivity contribution in [1.82, 2.24) is 0 Å². The second-order valence-corrected chi connectivity index (χ2v) is 3.00. The molecule has 4 heteroatoms. The first kappa shape index (κ1) is 11.5. The summed E-state index contributed by atoms with van der Waals surface area (Å²) < 4.78 is 26.2. The Morgan fingerprint density at radius 1 is 1.27 bits per heavy atom. The molecule has 2 nitrogen and oxygen atoms in total. The van der Waals surface area contributed by atoms with E-state index in [2.05, 4.69) is 0 Å². The minimum absolute atomic E-state index is 0.165. The highest BCUT2D eigenvalue weighted by molar-refractivity contribution is 5.76. The van der Waals surface area contributed by atoms with Crippen LogP contribution in [-0.2, 0) is 0 Å². The maximum atomic E-state index is 13.1. The molecule has 15 heavy (non-hydrogen) atoms. The lowest BCUT2D eigenvalue weighted by Gasteiger charge is -1.99. The first-order valence-electron chi connectivity index (χ1n) is 4.50. The van der Waals surface area contributed by atoms with Crippen LogP contribution in [0.1, 0.15) is 22.3 Å². The minimum Gasteiger partial charge on any atom is -0.330 e. The van der Waals surface area contributed by atoms with Gasteiger partial charge in [0, 0.05) is 0 Å². The summed E-state index contributed by atoms with van der Waals surface area (Å²) in [6.45, 7) is 0.480. The normalized spacial score (nSPS) is 10.9. The molecule has 0 saturated carbocycles. The van der Waals surface area contributed by atoms with Crippen LogP contribution >= 0.6 is 0 Å². The summed E-state index contributed by atoms with van der Waals surface area (Å²) >= 11 is 0. The van der Waals surface area contributed by atoms with E-state index in [1.165, 1.54) is 0 Å². The van der Waals surface area contributed by atoms with E-state index in [9.17, 15) is 13.6 Å². The molecule has 0 aliphatic rings. The topological polar surface area (TPSA) is 43.1 Å². The fraction of sp³-hybridized carbons (Fsp3) is 0.182. The van der Waals surface area contributed by atoms with Crippen molar-refractivity contribution < 1.29 is 13.6 Å². The van der Waals surface area contributed by atoms with E-state index in [4.69, 9.17) is 5.73 Å². The molecule has 0 amide bonds. The van der Waals surface area contributed by atoms with Gasteiger partial charge in [-0.15, -0.1) is 0 Å². The second-order valence-electron chi connectivity index (χ2n) is 3.00. The molecule has 1 aromatic carbocycles. The number of rotatable bonds is 4. The summed E-state index contributed by atoms with van der Waals surface area (Å²) in [5.41, 5.74) is 5.10. The van der Waals surface area contributed by atoms with Crippen LogP contribution in [-0.4, -0.2) is 12.8 Å². The summed E-state index contributed by atoms with van der Waals surface area (Å²) in [6.07, 6.45) is 4.08. The van der Waals surface area contributed by atoms with Gasteiger partial charge in [0.25, 0.3) is 0 Å². The number of carbonyl (C=O) groups is 1. The van der Waals surface area contributed by atoms with Gasteiger partial charge in [-0.05, 0) is 30.7 Å². The lowest BCUT2D eigenvalue weighted by atomic mass is 10.1. The largest absolute Gasteiger partial charge is 0.330 e. The van der Waals surface area contributed by atoms with E-state index in [0.29, 0.717) is 18.5 Å². The van der Waals surface area contributed by atoms with E-state index in [1.807, 2.05) is 0 Å². The predicted octanol–water partition coefficient (Wildman–Crippen LogP) is 2.14. The van der Waals surface area contributed by atoms with E-state index >= 15 is 0 Å². The van der Waals surface area contributed by atoms with Gasteiger partial charge in [0.2, 0.25) is 0 Å². The molecule has 0 heterocycles. The van der Waals surface area contributed by atoms with Crippen LogP contribution < -0.4 is 5.73 Å². The molecule has 0 bridgehead atoms. The fourth-order valence-electron chi connectivity index (χ4n) is 1.13. The van der Waals surface area contributed by atoms with Crippen LogP contribution in [0.25, 0.3) is 6.08 Å². The van der Waals surface area contributed by atoms with Gasteiger partial charge in [-0.2, -0.15) is 0 Å². The molecule has 0 saturated heterocycles. The minimum atomic E-state index is -0.850. The number of carbonyl (C=O) groups excluding carboxylic acids is 1. The summed E-state index contributed by atoms with van der Waals surface area (Å²) in [6, 6.07) is 2.22. The Bertz CT molecular complexity index is 365. The van der Waals surface area contributed by atoms with Crippen LogP contribution in [0.5, 0.6) is 0 Å². The van der Waals surface area contributed by atoms with Crippen molar-refractivity contribution in [2.75, 3.05) is 6.54 Å². The van der Waals surface area contributed by atoms with E-state index in [1.54, 1.807) is 12.2 Å². The molecular weight excluding hydrogens is 200 g/mol. The van der Waals surface area contributed by atoms with Crippen LogP contribution in [0.15, 0.2) is 18.2 Å². The maximum absolute atomic E-state index is 13.1. The Balaban J connectivity index is 2.98. The average molecular weight is 211 g/mol. The number of nitrogens with two attached hydrogens (primary N) is 1. The molecule has 0 radical (unpaired) electrons. The van der Waals surface area contributed by atoms with Crippen molar-refractivity contribution in [2.45, 2.75) is 6.42 Å². The van der Waals surface area contributed by atoms with Gasteiger partial charge in [-0.3, -0.25) is 4.79 Å². The number of halogens is 2. The van der Waals surface area contributed by atoms with Gasteiger partial charge in [-0.25, -0.2) is 8.78 Å². The van der Waals surface area contributed by atoms with Crippen LogP contribution in [0, 0.1) is 11.6 Å². The van der Waals surface area contributed by atoms with Crippen molar-refractivity contribution in [3.05, 3.63) is 41.0 Å². The number of hydrogen-bond donors (Lipinski definition) is 1. The van der Waals surface area contributed by atoms with Crippen molar-refractivity contribution >= 4 is 12.4 Å². The number of aldehydes is 1. The van der Waals surface area contributed by atoms with Crippen molar-refractivity contribution in [3.8, 4) is 0 Å². The zero-order valence-corrected chi connectivity index (χ0v) is 8.04.